The number of nitrogens with zero attached hydrogens (tertiary/aromatic N) is 1. The summed E-state index contributed by atoms with van der Waals surface area (Å²) in [5, 5.41) is 13.2. The normalized spacial score (nSPS) is 10.3. The van der Waals surface area contributed by atoms with Crippen molar-refractivity contribution in [2.75, 3.05) is 11.1 Å². The molecule has 3 N–H and O–H groups in total. The van der Waals surface area contributed by atoms with E-state index in [1.807, 2.05) is 0 Å². The van der Waals surface area contributed by atoms with Crippen molar-refractivity contribution in [3.05, 3.63) is 57.9 Å². The van der Waals surface area contributed by atoms with Gasteiger partial charge in [0.05, 0.1) is 10.6 Å². The van der Waals surface area contributed by atoms with Gasteiger partial charge in [-0.1, -0.05) is 6.07 Å². The largest absolute Gasteiger partial charge is 0.393 e. The Kier molecular flexibility index (Phi) is 3.47. The summed E-state index contributed by atoms with van der Waals surface area (Å²) >= 11 is 0. The van der Waals surface area contributed by atoms with Crippen LogP contribution in [0.5, 0.6) is 0 Å². The van der Waals surface area contributed by atoms with E-state index in [0.29, 0.717) is 12.1 Å². The molecule has 0 unspecified atom stereocenters. The molecular weight excluding hydrogens is 275 g/mol. The molecule has 104 valence electrons. The van der Waals surface area contributed by atoms with Crippen molar-refractivity contribution in [2.45, 2.75) is 0 Å². The number of nitro groups is 1. The van der Waals surface area contributed by atoms with E-state index >= 15 is 0 Å². The highest BCUT2D eigenvalue weighted by Gasteiger charge is 2.20. The lowest BCUT2D eigenvalue weighted by molar-refractivity contribution is -0.383. The molecule has 0 radical (unpaired) electrons. The number of nitrogens with one attached hydrogen (secondary N) is 1. The summed E-state index contributed by atoms with van der Waals surface area (Å²) in [6.07, 6.45) is 0. The minimum Gasteiger partial charge on any atom is -0.393 e. The van der Waals surface area contributed by atoms with Gasteiger partial charge in [0.15, 0.2) is 11.6 Å². The molecule has 0 aliphatic rings. The monoisotopic (exact) mass is 283 g/mol. The van der Waals surface area contributed by atoms with Gasteiger partial charge in [-0.05, 0) is 12.1 Å². The topological polar surface area (TPSA) is 81.2 Å². The molecule has 8 heteroatoms. The SMILES string of the molecule is Nc1cccc(Nc2cc(F)cc(F)c2F)c1[N+](=O)[O-]. The van der Waals surface area contributed by atoms with Gasteiger partial charge >= 0.3 is 5.69 Å². The van der Waals surface area contributed by atoms with Crippen LogP contribution in [0, 0.1) is 27.6 Å². The van der Waals surface area contributed by atoms with Crippen LogP contribution in [0.15, 0.2) is 30.3 Å². The van der Waals surface area contributed by atoms with E-state index < -0.39 is 33.7 Å². The lowest BCUT2D eigenvalue weighted by atomic mass is 10.2. The summed E-state index contributed by atoms with van der Waals surface area (Å²) in [4.78, 5) is 10.1. The quantitative estimate of drug-likeness (QED) is 0.392. The zero-order valence-corrected chi connectivity index (χ0v) is 9.86. The zero-order chi connectivity index (χ0) is 14.9. The lowest BCUT2D eigenvalue weighted by Gasteiger charge is -2.09. The molecule has 0 saturated carbocycles. The second-order valence-corrected chi connectivity index (χ2v) is 3.87. The number of hydrogen-bond donors (Lipinski definition) is 2. The molecule has 0 fully saturated rings. The fourth-order valence-electron chi connectivity index (χ4n) is 1.66. The zero-order valence-electron chi connectivity index (χ0n) is 9.86. The molecule has 0 aliphatic carbocycles. The molecule has 0 heterocycles. The van der Waals surface area contributed by atoms with Crippen LogP contribution in [-0.4, -0.2) is 4.92 Å². The second kappa shape index (κ2) is 5.08. The third kappa shape index (κ3) is 2.48. The third-order valence-corrected chi connectivity index (χ3v) is 2.51. The van der Waals surface area contributed by atoms with Crippen molar-refractivity contribution in [3.63, 3.8) is 0 Å². The van der Waals surface area contributed by atoms with Crippen LogP contribution in [0.3, 0.4) is 0 Å². The number of halogens is 3. The highest BCUT2D eigenvalue weighted by Crippen LogP contribution is 2.33. The number of nitrogens with two attached hydrogens (primary N) is 1. The summed E-state index contributed by atoms with van der Waals surface area (Å²) in [6.45, 7) is 0. The number of hydrogen-bond acceptors (Lipinski definition) is 4. The van der Waals surface area contributed by atoms with E-state index in [9.17, 15) is 23.3 Å². The van der Waals surface area contributed by atoms with E-state index in [0.717, 1.165) is 0 Å². The van der Waals surface area contributed by atoms with Crippen LogP contribution >= 0.6 is 0 Å². The van der Waals surface area contributed by atoms with Crippen molar-refractivity contribution in [2.24, 2.45) is 0 Å². The Labute approximate surface area is 111 Å². The average molecular weight is 283 g/mol. The Morgan fingerprint density at radius 3 is 2.50 bits per heavy atom. The van der Waals surface area contributed by atoms with Gasteiger partial charge in [0, 0.05) is 12.1 Å². The van der Waals surface area contributed by atoms with E-state index in [2.05, 4.69) is 5.32 Å². The summed E-state index contributed by atoms with van der Waals surface area (Å²) in [6, 6.07) is 4.97. The Morgan fingerprint density at radius 1 is 1.15 bits per heavy atom. The van der Waals surface area contributed by atoms with E-state index in [1.165, 1.54) is 18.2 Å². The number of nitrogen functional groups attached to an aromatic ring is 1. The predicted molar refractivity (Wildman–Crippen MR) is 67.1 cm³/mol. The molecule has 2 aromatic rings. The fourth-order valence-corrected chi connectivity index (χ4v) is 1.66. The first kappa shape index (κ1) is 13.7. The summed E-state index contributed by atoms with van der Waals surface area (Å²) < 4.78 is 39.6. The Morgan fingerprint density at radius 2 is 1.85 bits per heavy atom. The predicted octanol–water partition coefficient (Wildman–Crippen LogP) is 3.34. The average Bonchev–Trinajstić information content (AvgIpc) is 2.35. The molecule has 0 aliphatic heterocycles. The van der Waals surface area contributed by atoms with Crippen LogP contribution in [0.25, 0.3) is 0 Å². The first-order chi connectivity index (χ1) is 9.40. The summed E-state index contributed by atoms with van der Waals surface area (Å²) in [7, 11) is 0. The van der Waals surface area contributed by atoms with Gasteiger partial charge in [0.25, 0.3) is 0 Å². The Balaban J connectivity index is 2.51. The Hall–Kier alpha value is -2.77. The Bertz CT molecular complexity index is 692. The molecule has 0 aromatic heterocycles. The van der Waals surface area contributed by atoms with E-state index in [1.54, 1.807) is 0 Å². The fraction of sp³-hybridized carbons (Fsp3) is 0. The summed E-state index contributed by atoms with van der Waals surface area (Å²) in [5.74, 6) is -3.76. The van der Waals surface area contributed by atoms with Crippen LogP contribution in [0.1, 0.15) is 0 Å². The van der Waals surface area contributed by atoms with Gasteiger partial charge in [-0.25, -0.2) is 13.2 Å². The number of nitro benzene ring substituents is 1. The number of anilines is 3. The van der Waals surface area contributed by atoms with Gasteiger partial charge in [0.2, 0.25) is 0 Å². The molecule has 2 rings (SSSR count). The van der Waals surface area contributed by atoms with Gasteiger partial charge in [-0.15, -0.1) is 0 Å². The first-order valence-corrected chi connectivity index (χ1v) is 5.34. The second-order valence-electron chi connectivity index (χ2n) is 3.87. The van der Waals surface area contributed by atoms with Crippen molar-refractivity contribution >= 4 is 22.7 Å². The van der Waals surface area contributed by atoms with Gasteiger partial charge in [0.1, 0.15) is 17.2 Å². The van der Waals surface area contributed by atoms with Crippen LogP contribution in [0.2, 0.25) is 0 Å². The number of rotatable bonds is 3. The molecule has 0 atom stereocenters. The van der Waals surface area contributed by atoms with Crippen LogP contribution < -0.4 is 11.1 Å². The molecule has 5 nitrogen and oxygen atoms in total. The molecule has 0 bridgehead atoms. The number of para-hydroxylation sites is 1. The summed E-state index contributed by atoms with van der Waals surface area (Å²) in [5.41, 5.74) is 4.07. The molecule has 0 spiro atoms. The van der Waals surface area contributed by atoms with Crippen molar-refractivity contribution in [1.29, 1.82) is 0 Å². The maximum atomic E-state index is 13.5. The van der Waals surface area contributed by atoms with Gasteiger partial charge < -0.3 is 11.1 Å². The van der Waals surface area contributed by atoms with Crippen LogP contribution in [-0.2, 0) is 0 Å². The van der Waals surface area contributed by atoms with Crippen molar-refractivity contribution in [1.82, 2.24) is 0 Å². The first-order valence-electron chi connectivity index (χ1n) is 5.34. The van der Waals surface area contributed by atoms with Crippen molar-refractivity contribution in [3.8, 4) is 0 Å². The third-order valence-electron chi connectivity index (χ3n) is 2.51. The van der Waals surface area contributed by atoms with Gasteiger partial charge in [-0.2, -0.15) is 0 Å². The molecule has 20 heavy (non-hydrogen) atoms. The molecular formula is C12H8F3N3O2. The van der Waals surface area contributed by atoms with Crippen molar-refractivity contribution < 1.29 is 18.1 Å². The minimum absolute atomic E-state index is 0.155. The highest BCUT2D eigenvalue weighted by atomic mass is 19.2. The van der Waals surface area contributed by atoms with Gasteiger partial charge in [-0.3, -0.25) is 10.1 Å². The number of benzene rings is 2. The maximum Gasteiger partial charge on any atom is 0.315 e. The standard InChI is InChI=1S/C12H8F3N3O2/c13-6-4-7(14)11(15)10(5-6)17-9-3-1-2-8(16)12(9)18(19)20/h1-5,17H,16H2. The molecule has 2 aromatic carbocycles. The molecule has 0 saturated heterocycles. The molecule has 0 amide bonds. The van der Waals surface area contributed by atoms with Crippen LogP contribution in [0.4, 0.5) is 35.9 Å². The minimum atomic E-state index is -1.40. The lowest BCUT2D eigenvalue weighted by Crippen LogP contribution is -2.03. The van der Waals surface area contributed by atoms with E-state index in [-0.39, 0.29) is 11.4 Å². The maximum absolute atomic E-state index is 13.5. The smallest absolute Gasteiger partial charge is 0.315 e. The highest BCUT2D eigenvalue weighted by molar-refractivity contribution is 5.78. The van der Waals surface area contributed by atoms with E-state index in [4.69, 9.17) is 5.73 Å².